The van der Waals surface area contributed by atoms with Gasteiger partial charge in [0.1, 0.15) is 5.75 Å². The minimum absolute atomic E-state index is 0.0338. The number of nitrogens with zero attached hydrogens (tertiary/aromatic N) is 1. The molecular formula is C19H23BrN2O4S. The summed E-state index contributed by atoms with van der Waals surface area (Å²) in [5.41, 5.74) is 1.79. The third-order valence-electron chi connectivity index (χ3n) is 3.80. The van der Waals surface area contributed by atoms with Crippen LogP contribution in [0, 0.1) is 6.92 Å². The van der Waals surface area contributed by atoms with Gasteiger partial charge in [-0.15, -0.1) is 0 Å². The van der Waals surface area contributed by atoms with Gasteiger partial charge >= 0.3 is 0 Å². The Bertz CT molecular complexity index is 943. The van der Waals surface area contributed by atoms with E-state index in [1.165, 1.54) is 20.2 Å². The predicted octanol–water partition coefficient (Wildman–Crippen LogP) is 4.05. The summed E-state index contributed by atoms with van der Waals surface area (Å²) < 4.78 is 32.1. The zero-order valence-electron chi connectivity index (χ0n) is 15.7. The second-order valence-corrected chi connectivity index (χ2v) is 9.21. The molecule has 2 aromatic carbocycles. The molecule has 0 atom stereocenters. The van der Waals surface area contributed by atoms with E-state index in [1.807, 2.05) is 26.0 Å². The summed E-state index contributed by atoms with van der Waals surface area (Å²) in [7, 11) is -0.795. The Morgan fingerprint density at radius 2 is 1.89 bits per heavy atom. The molecule has 0 spiro atoms. The first-order valence-corrected chi connectivity index (χ1v) is 10.7. The molecule has 1 amide bonds. The maximum atomic E-state index is 12.7. The first-order chi connectivity index (χ1) is 12.7. The molecule has 2 rings (SSSR count). The Kier molecular flexibility index (Phi) is 7.02. The van der Waals surface area contributed by atoms with E-state index in [0.29, 0.717) is 22.5 Å². The van der Waals surface area contributed by atoms with Crippen molar-refractivity contribution in [1.29, 1.82) is 0 Å². The maximum absolute atomic E-state index is 12.7. The van der Waals surface area contributed by atoms with Crippen LogP contribution >= 0.6 is 15.9 Å². The number of carbonyl (C=O) groups is 1. The zero-order chi connectivity index (χ0) is 20.2. The van der Waals surface area contributed by atoms with E-state index in [9.17, 15) is 13.2 Å². The average Bonchev–Trinajstić information content (AvgIpc) is 2.61. The monoisotopic (exact) mass is 454 g/mol. The van der Waals surface area contributed by atoms with Gasteiger partial charge in [0.25, 0.3) is 5.91 Å². The first-order valence-electron chi connectivity index (χ1n) is 8.43. The smallest absolute Gasteiger partial charge is 0.255 e. The largest absolute Gasteiger partial charge is 0.491 e. The summed E-state index contributed by atoms with van der Waals surface area (Å²) in [4.78, 5) is 12.7. The molecule has 27 heavy (non-hydrogen) atoms. The van der Waals surface area contributed by atoms with E-state index in [1.54, 1.807) is 18.2 Å². The molecule has 0 unspecified atom stereocenters. The molecule has 0 saturated carbocycles. The van der Waals surface area contributed by atoms with Crippen LogP contribution in [0.2, 0.25) is 0 Å². The molecule has 2 aromatic rings. The van der Waals surface area contributed by atoms with E-state index in [0.717, 1.165) is 16.3 Å². The van der Waals surface area contributed by atoms with Crippen molar-refractivity contribution in [2.45, 2.75) is 25.2 Å². The number of hydrogen-bond donors (Lipinski definition) is 1. The van der Waals surface area contributed by atoms with E-state index >= 15 is 0 Å². The van der Waals surface area contributed by atoms with Crippen LogP contribution in [0.1, 0.15) is 29.3 Å². The zero-order valence-corrected chi connectivity index (χ0v) is 18.1. The van der Waals surface area contributed by atoms with Crippen molar-refractivity contribution < 1.29 is 17.9 Å². The number of benzene rings is 2. The number of nitrogens with one attached hydrogen (secondary N) is 1. The molecule has 0 heterocycles. The molecule has 0 aromatic heterocycles. The van der Waals surface area contributed by atoms with Crippen molar-refractivity contribution >= 4 is 37.5 Å². The molecule has 0 saturated heterocycles. The van der Waals surface area contributed by atoms with Gasteiger partial charge in [-0.2, -0.15) is 0 Å². The lowest BCUT2D eigenvalue weighted by Gasteiger charge is -2.15. The van der Waals surface area contributed by atoms with Gasteiger partial charge < -0.3 is 10.1 Å². The van der Waals surface area contributed by atoms with E-state index in [-0.39, 0.29) is 10.5 Å². The van der Waals surface area contributed by atoms with Gasteiger partial charge in [0.05, 0.1) is 17.2 Å². The molecule has 0 radical (unpaired) electrons. The van der Waals surface area contributed by atoms with Crippen LogP contribution in [-0.4, -0.2) is 39.3 Å². The van der Waals surface area contributed by atoms with Crippen molar-refractivity contribution in [3.05, 3.63) is 52.0 Å². The first kappa shape index (κ1) is 21.4. The molecule has 0 fully saturated rings. The maximum Gasteiger partial charge on any atom is 0.255 e. The highest BCUT2D eigenvalue weighted by molar-refractivity contribution is 9.10. The fourth-order valence-electron chi connectivity index (χ4n) is 2.30. The molecule has 0 bridgehead atoms. The van der Waals surface area contributed by atoms with Crippen molar-refractivity contribution in [2.24, 2.45) is 0 Å². The summed E-state index contributed by atoms with van der Waals surface area (Å²) in [6.45, 7) is 4.48. The van der Waals surface area contributed by atoms with Crippen LogP contribution in [0.15, 0.2) is 45.8 Å². The van der Waals surface area contributed by atoms with Crippen LogP contribution < -0.4 is 10.1 Å². The van der Waals surface area contributed by atoms with Crippen LogP contribution in [0.5, 0.6) is 5.75 Å². The van der Waals surface area contributed by atoms with Gasteiger partial charge in [-0.3, -0.25) is 4.79 Å². The summed E-state index contributed by atoms with van der Waals surface area (Å²) in [5.74, 6) is 0.173. The SMILES string of the molecule is CCCOc1cc(C)ccc1NC(=O)c1ccc(Br)c(S(=O)(=O)N(C)C)c1. The third kappa shape index (κ3) is 5.09. The topological polar surface area (TPSA) is 75.7 Å². The molecule has 1 N–H and O–H groups in total. The lowest BCUT2D eigenvalue weighted by molar-refractivity contribution is 0.102. The van der Waals surface area contributed by atoms with Crippen molar-refractivity contribution in [2.75, 3.05) is 26.0 Å². The average molecular weight is 455 g/mol. The Morgan fingerprint density at radius 1 is 1.19 bits per heavy atom. The molecule has 0 aliphatic rings. The third-order valence-corrected chi connectivity index (χ3v) is 6.61. The van der Waals surface area contributed by atoms with Gasteiger partial charge in [-0.1, -0.05) is 13.0 Å². The van der Waals surface area contributed by atoms with Crippen LogP contribution in [0.3, 0.4) is 0 Å². The molecule has 6 nitrogen and oxygen atoms in total. The summed E-state index contributed by atoms with van der Waals surface area (Å²) >= 11 is 3.24. The highest BCUT2D eigenvalue weighted by Gasteiger charge is 2.22. The van der Waals surface area contributed by atoms with E-state index in [4.69, 9.17) is 4.74 Å². The van der Waals surface area contributed by atoms with Gasteiger partial charge in [0.15, 0.2) is 0 Å². The lowest BCUT2D eigenvalue weighted by Crippen LogP contribution is -2.23. The summed E-state index contributed by atoms with van der Waals surface area (Å²) in [6.07, 6.45) is 0.847. The fourth-order valence-corrected chi connectivity index (χ4v) is 4.14. The molecular weight excluding hydrogens is 432 g/mol. The van der Waals surface area contributed by atoms with Gasteiger partial charge in [-0.25, -0.2) is 12.7 Å². The molecule has 0 aliphatic carbocycles. The fraction of sp³-hybridized carbons (Fsp3) is 0.316. The van der Waals surface area contributed by atoms with Gasteiger partial charge in [0.2, 0.25) is 10.0 Å². The van der Waals surface area contributed by atoms with E-state index in [2.05, 4.69) is 21.2 Å². The Labute approximate surface area is 168 Å². The van der Waals surface area contributed by atoms with E-state index < -0.39 is 15.9 Å². The molecule has 8 heteroatoms. The van der Waals surface area contributed by atoms with Crippen LogP contribution in [0.4, 0.5) is 5.69 Å². The number of anilines is 1. The van der Waals surface area contributed by atoms with Crippen LogP contribution in [-0.2, 0) is 10.0 Å². The number of aryl methyl sites for hydroxylation is 1. The number of sulfonamides is 1. The predicted molar refractivity (Wildman–Crippen MR) is 110 cm³/mol. The van der Waals surface area contributed by atoms with Crippen molar-refractivity contribution in [1.82, 2.24) is 4.31 Å². The normalized spacial score (nSPS) is 11.5. The standard InChI is InChI=1S/C19H23BrN2O4S/c1-5-10-26-17-11-13(2)6-9-16(17)21-19(23)14-7-8-15(20)18(12-14)27(24,25)22(3)4/h6-9,11-12H,5,10H2,1-4H3,(H,21,23). The number of carbonyl (C=O) groups excluding carboxylic acids is 1. The highest BCUT2D eigenvalue weighted by Crippen LogP contribution is 2.28. The molecule has 0 aliphatic heterocycles. The van der Waals surface area contributed by atoms with Gasteiger partial charge in [-0.05, 0) is 65.2 Å². The highest BCUT2D eigenvalue weighted by atomic mass is 79.9. The number of hydrogen-bond acceptors (Lipinski definition) is 4. The number of rotatable bonds is 7. The lowest BCUT2D eigenvalue weighted by atomic mass is 10.1. The van der Waals surface area contributed by atoms with Crippen LogP contribution in [0.25, 0.3) is 0 Å². The van der Waals surface area contributed by atoms with Crippen molar-refractivity contribution in [3.8, 4) is 5.75 Å². The molecule has 146 valence electrons. The van der Waals surface area contributed by atoms with Crippen molar-refractivity contribution in [3.63, 3.8) is 0 Å². The minimum Gasteiger partial charge on any atom is -0.491 e. The Hall–Kier alpha value is -1.90. The summed E-state index contributed by atoms with van der Waals surface area (Å²) in [6, 6.07) is 9.97. The summed E-state index contributed by atoms with van der Waals surface area (Å²) in [5, 5.41) is 2.80. The number of halogens is 1. The van der Waals surface area contributed by atoms with Gasteiger partial charge in [0, 0.05) is 24.1 Å². The number of amides is 1. The second-order valence-electron chi connectivity index (χ2n) is 6.23. The Balaban J connectivity index is 2.35. The quantitative estimate of drug-likeness (QED) is 0.684. The Morgan fingerprint density at radius 3 is 2.52 bits per heavy atom. The minimum atomic E-state index is -3.68. The second kappa shape index (κ2) is 8.86. The number of ether oxygens (including phenoxy) is 1.